The second-order valence-corrected chi connectivity index (χ2v) is 11.3. The average Bonchev–Trinajstić information content (AvgIpc) is 2.84. The van der Waals surface area contributed by atoms with Crippen molar-refractivity contribution < 1.29 is 0 Å². The molecule has 0 radical (unpaired) electrons. The fourth-order valence-corrected chi connectivity index (χ4v) is 13.8. The van der Waals surface area contributed by atoms with Crippen molar-refractivity contribution in [1.82, 2.24) is 0 Å². The molecule has 0 nitrogen and oxygen atoms in total. The first-order valence-corrected chi connectivity index (χ1v) is 11.6. The largest absolute Gasteiger partial charge is 0.0844 e. The molecular weight excluding hydrogens is 288 g/mol. The lowest BCUT2D eigenvalue weighted by Gasteiger charge is -2.78. The summed E-state index contributed by atoms with van der Waals surface area (Å²) in [6, 6.07) is 0. The zero-order valence-electron chi connectivity index (χ0n) is 15.3. The monoisotopic (exact) mass is 320 g/mol. The molecule has 0 heterocycles. The van der Waals surface area contributed by atoms with Crippen LogP contribution in [0.1, 0.15) is 96.3 Å². The van der Waals surface area contributed by atoms with E-state index in [2.05, 4.69) is 11.6 Å². The average molecular weight is 321 g/mol. The van der Waals surface area contributed by atoms with E-state index in [0.29, 0.717) is 0 Å². The maximum atomic E-state index is 2.85. The molecule has 7 fully saturated rings. The molecule has 0 aromatic heterocycles. The highest BCUT2D eigenvalue weighted by molar-refractivity contribution is 5.73. The summed E-state index contributed by atoms with van der Waals surface area (Å²) in [6.07, 6.45) is 26.8. The topological polar surface area (TPSA) is 0 Å². The molecule has 7 saturated carbocycles. The molecule has 0 aromatic carbocycles. The SMILES string of the molecule is C1=C2[C@H](CCC1)[C@@]13CCCC[C@]14C15CCCCC13[C@]21CCCC[C@@]541. The van der Waals surface area contributed by atoms with Crippen LogP contribution in [0.25, 0.3) is 0 Å². The molecule has 0 heteroatoms. The van der Waals surface area contributed by atoms with E-state index in [-0.39, 0.29) is 0 Å². The van der Waals surface area contributed by atoms with Gasteiger partial charge in [-0.2, -0.15) is 0 Å². The maximum Gasteiger partial charge on any atom is 0.00506 e. The first-order chi connectivity index (χ1) is 11.8. The molecule has 6 spiro atoms. The Morgan fingerprint density at radius 1 is 0.625 bits per heavy atom. The maximum absolute atomic E-state index is 2.85. The van der Waals surface area contributed by atoms with E-state index in [1.54, 1.807) is 83.5 Å². The summed E-state index contributed by atoms with van der Waals surface area (Å²) in [5.74, 6) is 1.06. The first-order valence-electron chi connectivity index (χ1n) is 11.6. The summed E-state index contributed by atoms with van der Waals surface area (Å²) >= 11 is 0. The van der Waals surface area contributed by atoms with E-state index >= 15 is 0 Å². The van der Waals surface area contributed by atoms with Crippen LogP contribution in [0, 0.1) is 38.4 Å². The Labute approximate surface area is 146 Å². The van der Waals surface area contributed by atoms with Gasteiger partial charge >= 0.3 is 0 Å². The van der Waals surface area contributed by atoms with Crippen molar-refractivity contribution in [3.8, 4) is 0 Å². The molecule has 8 rings (SSSR count). The van der Waals surface area contributed by atoms with Crippen LogP contribution in [0.15, 0.2) is 11.6 Å². The van der Waals surface area contributed by atoms with Gasteiger partial charge in [0.1, 0.15) is 0 Å². The van der Waals surface area contributed by atoms with Gasteiger partial charge < -0.3 is 0 Å². The van der Waals surface area contributed by atoms with E-state index < -0.39 is 0 Å². The van der Waals surface area contributed by atoms with Crippen LogP contribution in [0.2, 0.25) is 0 Å². The van der Waals surface area contributed by atoms with Crippen LogP contribution in [-0.4, -0.2) is 0 Å². The van der Waals surface area contributed by atoms with E-state index in [1.165, 1.54) is 12.8 Å². The Balaban J connectivity index is 1.52. The van der Waals surface area contributed by atoms with Crippen molar-refractivity contribution in [1.29, 1.82) is 0 Å². The molecule has 0 N–H and O–H groups in total. The zero-order valence-corrected chi connectivity index (χ0v) is 15.3. The van der Waals surface area contributed by atoms with Crippen molar-refractivity contribution in [2.24, 2.45) is 38.4 Å². The standard InChI is InChI=1S/C24H32/c1-2-10-18-17(9-1)19-11-3-5-14-22(19)23-15-6-4-12-20(18,23)21(19)13-7-8-16-24(21,22)23/h9,18H,1-8,10-16H2/t18-,19-,20+,21?,22-,23-,24?/m0/s1. The van der Waals surface area contributed by atoms with Gasteiger partial charge in [-0.15, -0.1) is 0 Å². The number of hydrogen-bond donors (Lipinski definition) is 0. The van der Waals surface area contributed by atoms with Crippen LogP contribution in [0.5, 0.6) is 0 Å². The van der Waals surface area contributed by atoms with Crippen molar-refractivity contribution in [2.75, 3.05) is 0 Å². The molecule has 0 aromatic rings. The van der Waals surface area contributed by atoms with Gasteiger partial charge in [-0.3, -0.25) is 0 Å². The lowest BCUT2D eigenvalue weighted by molar-refractivity contribution is -0.309. The highest BCUT2D eigenvalue weighted by atomic mass is 15.2. The molecular formula is C24H32. The molecule has 8 aliphatic carbocycles. The van der Waals surface area contributed by atoms with E-state index in [4.69, 9.17) is 0 Å². The first kappa shape index (κ1) is 13.0. The Morgan fingerprint density at radius 2 is 1.29 bits per heavy atom. The summed E-state index contributed by atoms with van der Waals surface area (Å²) in [5.41, 5.74) is 7.17. The Kier molecular flexibility index (Phi) is 1.75. The number of hydrogen-bond acceptors (Lipinski definition) is 0. The van der Waals surface area contributed by atoms with Gasteiger partial charge in [-0.05, 0) is 90.8 Å². The fourth-order valence-electron chi connectivity index (χ4n) is 13.8. The number of fused-ring (bicyclic) bond motifs is 1. The van der Waals surface area contributed by atoms with Gasteiger partial charge in [0.25, 0.3) is 0 Å². The molecule has 24 heavy (non-hydrogen) atoms. The lowest BCUT2D eigenvalue weighted by atomic mass is 9.25. The number of rotatable bonds is 0. The summed E-state index contributed by atoms with van der Waals surface area (Å²) in [5, 5.41) is 0. The minimum absolute atomic E-state index is 0.758. The fraction of sp³-hybridized carbons (Fsp3) is 0.917. The van der Waals surface area contributed by atoms with Gasteiger partial charge in [-0.25, -0.2) is 0 Å². The highest BCUT2D eigenvalue weighted by Crippen LogP contribution is 3.25. The summed E-state index contributed by atoms with van der Waals surface area (Å²) < 4.78 is 0. The molecule has 7 atom stereocenters. The minimum Gasteiger partial charge on any atom is -0.0844 e. The third-order valence-electron chi connectivity index (χ3n) is 12.4. The molecule has 0 bridgehead atoms. The van der Waals surface area contributed by atoms with Crippen molar-refractivity contribution in [3.63, 3.8) is 0 Å². The Morgan fingerprint density at radius 3 is 2.17 bits per heavy atom. The van der Waals surface area contributed by atoms with E-state index in [9.17, 15) is 0 Å². The second-order valence-electron chi connectivity index (χ2n) is 11.3. The van der Waals surface area contributed by atoms with E-state index in [0.717, 1.165) is 38.4 Å². The molecule has 0 amide bonds. The van der Waals surface area contributed by atoms with Crippen LogP contribution < -0.4 is 0 Å². The summed E-state index contributed by atoms with van der Waals surface area (Å²) in [6.45, 7) is 0. The van der Waals surface area contributed by atoms with Gasteiger partial charge in [-0.1, -0.05) is 50.2 Å². The van der Waals surface area contributed by atoms with Gasteiger partial charge in [0.2, 0.25) is 0 Å². The lowest BCUT2D eigenvalue weighted by Crippen LogP contribution is -2.73. The zero-order chi connectivity index (χ0) is 15.5. The van der Waals surface area contributed by atoms with Crippen LogP contribution in [0.4, 0.5) is 0 Å². The summed E-state index contributed by atoms with van der Waals surface area (Å²) in [4.78, 5) is 0. The van der Waals surface area contributed by atoms with Crippen molar-refractivity contribution >= 4 is 0 Å². The van der Waals surface area contributed by atoms with Gasteiger partial charge in [0.15, 0.2) is 0 Å². The van der Waals surface area contributed by atoms with Gasteiger partial charge in [0, 0.05) is 5.41 Å². The predicted octanol–water partition coefficient (Wildman–Crippen LogP) is 6.41. The Hall–Kier alpha value is -0.260. The third kappa shape index (κ3) is 0.652. The van der Waals surface area contributed by atoms with Crippen LogP contribution >= 0.6 is 0 Å². The van der Waals surface area contributed by atoms with Crippen LogP contribution in [0.3, 0.4) is 0 Å². The molecule has 8 aliphatic rings. The van der Waals surface area contributed by atoms with Crippen molar-refractivity contribution in [3.05, 3.63) is 11.6 Å². The quantitative estimate of drug-likeness (QED) is 0.452. The Bertz CT molecular complexity index is 728. The molecule has 2 unspecified atom stereocenters. The van der Waals surface area contributed by atoms with Crippen molar-refractivity contribution in [2.45, 2.75) is 96.3 Å². The smallest absolute Gasteiger partial charge is 0.00506 e. The minimum atomic E-state index is 0.758. The second kappa shape index (κ2) is 3.22. The molecule has 0 saturated heterocycles. The normalized spacial score (nSPS) is 69.7. The van der Waals surface area contributed by atoms with Gasteiger partial charge in [0.05, 0.1) is 0 Å². The predicted molar refractivity (Wildman–Crippen MR) is 95.4 cm³/mol. The highest BCUT2D eigenvalue weighted by Gasteiger charge is 3.22. The summed E-state index contributed by atoms with van der Waals surface area (Å²) in [7, 11) is 0. The number of allylic oxidation sites excluding steroid dienone is 2. The molecule has 128 valence electrons. The van der Waals surface area contributed by atoms with Crippen LogP contribution in [-0.2, 0) is 0 Å². The van der Waals surface area contributed by atoms with E-state index in [1.807, 2.05) is 0 Å². The third-order valence-corrected chi connectivity index (χ3v) is 12.4. The molecule has 0 aliphatic heterocycles.